The first-order chi connectivity index (χ1) is 9.13. The van der Waals surface area contributed by atoms with Crippen molar-refractivity contribution < 1.29 is 0 Å². The summed E-state index contributed by atoms with van der Waals surface area (Å²) < 4.78 is 0. The van der Waals surface area contributed by atoms with E-state index in [9.17, 15) is 0 Å². The van der Waals surface area contributed by atoms with Crippen LogP contribution in [-0.2, 0) is 0 Å². The Bertz CT molecular complexity index is 749. The number of pyridine rings is 2. The Hall–Kier alpha value is -2.16. The number of aryl methyl sites for hydroxylation is 2. The molecular weight excluding hydrogens is 231 g/mol. The number of fused-ring (bicyclic) bond motifs is 1. The second-order valence-corrected chi connectivity index (χ2v) is 4.78. The molecule has 0 saturated heterocycles. The van der Waals surface area contributed by atoms with Gasteiger partial charge in [0.2, 0.25) is 0 Å². The molecule has 90 valence electrons. The highest BCUT2D eigenvalue weighted by atomic mass is 14.9. The molecule has 0 atom stereocenters. The van der Waals surface area contributed by atoms with Gasteiger partial charge in [-0.1, -0.05) is 29.7 Å². The van der Waals surface area contributed by atoms with Gasteiger partial charge in [0.1, 0.15) is 7.85 Å². The largest absolute Gasteiger partial charge is 0.233 e. The molecule has 2 radical (unpaired) electrons. The standard InChI is InChI=1S/C16H13BN2/c1-10-9-13-4-3-11(2)18-16(13)19-15(10)12-5-7-14(17)8-6-12/h3-9H,1-2H3. The molecule has 2 heterocycles. The molecule has 0 aliphatic rings. The lowest BCUT2D eigenvalue weighted by Crippen LogP contribution is -2.00. The Morgan fingerprint density at radius 1 is 0.895 bits per heavy atom. The minimum atomic E-state index is 0.760. The number of benzene rings is 1. The van der Waals surface area contributed by atoms with Crippen molar-refractivity contribution in [1.29, 1.82) is 0 Å². The van der Waals surface area contributed by atoms with Crippen molar-refractivity contribution in [2.24, 2.45) is 0 Å². The Kier molecular flexibility index (Phi) is 2.82. The third-order valence-corrected chi connectivity index (χ3v) is 3.19. The summed E-state index contributed by atoms with van der Waals surface area (Å²) in [5.41, 5.74) is 5.70. The van der Waals surface area contributed by atoms with Crippen LogP contribution in [0.1, 0.15) is 11.3 Å². The maximum Gasteiger partial charge on any atom is 0.160 e. The van der Waals surface area contributed by atoms with Gasteiger partial charge in [0.25, 0.3) is 0 Å². The Labute approximate surface area is 113 Å². The molecule has 3 rings (SSSR count). The van der Waals surface area contributed by atoms with E-state index in [2.05, 4.69) is 29.0 Å². The molecule has 0 unspecified atom stereocenters. The summed E-state index contributed by atoms with van der Waals surface area (Å²) in [5, 5.41) is 1.07. The van der Waals surface area contributed by atoms with Crippen LogP contribution in [0.5, 0.6) is 0 Å². The fourth-order valence-corrected chi connectivity index (χ4v) is 2.18. The molecule has 0 saturated carbocycles. The Morgan fingerprint density at radius 3 is 2.37 bits per heavy atom. The average molecular weight is 244 g/mol. The predicted molar refractivity (Wildman–Crippen MR) is 79.8 cm³/mol. The number of aromatic nitrogens is 2. The van der Waals surface area contributed by atoms with Crippen LogP contribution < -0.4 is 5.46 Å². The van der Waals surface area contributed by atoms with Crippen LogP contribution in [0.25, 0.3) is 22.3 Å². The van der Waals surface area contributed by atoms with Gasteiger partial charge >= 0.3 is 0 Å². The molecule has 1 aromatic carbocycles. The highest BCUT2D eigenvalue weighted by Gasteiger charge is 2.06. The highest BCUT2D eigenvalue weighted by molar-refractivity contribution is 6.32. The van der Waals surface area contributed by atoms with Gasteiger partial charge in [0, 0.05) is 16.6 Å². The molecule has 0 amide bonds. The number of hydrogen-bond acceptors (Lipinski definition) is 2. The molecular formula is C16H13BN2. The SMILES string of the molecule is [B]c1ccc(-c2nc3nc(C)ccc3cc2C)cc1. The lowest BCUT2D eigenvalue weighted by molar-refractivity contribution is 1.19. The second kappa shape index (κ2) is 4.50. The van der Waals surface area contributed by atoms with Crippen molar-refractivity contribution in [2.45, 2.75) is 13.8 Å². The van der Waals surface area contributed by atoms with E-state index in [0.29, 0.717) is 0 Å². The third-order valence-electron chi connectivity index (χ3n) is 3.19. The normalized spacial score (nSPS) is 10.8. The fraction of sp³-hybridized carbons (Fsp3) is 0.125. The predicted octanol–water partition coefficient (Wildman–Crippen LogP) is 2.71. The van der Waals surface area contributed by atoms with Crippen LogP contribution in [0.4, 0.5) is 0 Å². The van der Waals surface area contributed by atoms with E-state index in [4.69, 9.17) is 7.85 Å². The average Bonchev–Trinajstić information content (AvgIpc) is 2.40. The molecule has 2 aromatic heterocycles. The van der Waals surface area contributed by atoms with Gasteiger partial charge in [-0.3, -0.25) is 0 Å². The lowest BCUT2D eigenvalue weighted by Gasteiger charge is -2.08. The third kappa shape index (κ3) is 2.24. The zero-order valence-corrected chi connectivity index (χ0v) is 11.0. The second-order valence-electron chi connectivity index (χ2n) is 4.78. The first-order valence-corrected chi connectivity index (χ1v) is 6.24. The molecule has 0 bridgehead atoms. The van der Waals surface area contributed by atoms with Crippen LogP contribution >= 0.6 is 0 Å². The molecule has 0 N–H and O–H groups in total. The summed E-state index contributed by atoms with van der Waals surface area (Å²) in [4.78, 5) is 9.17. The number of hydrogen-bond donors (Lipinski definition) is 0. The van der Waals surface area contributed by atoms with Gasteiger partial charge < -0.3 is 0 Å². The minimum absolute atomic E-state index is 0.760. The van der Waals surface area contributed by atoms with Crippen LogP contribution in [0, 0.1) is 13.8 Å². The fourth-order valence-electron chi connectivity index (χ4n) is 2.18. The van der Waals surface area contributed by atoms with Gasteiger partial charge in [0.05, 0.1) is 5.69 Å². The molecule has 3 aromatic rings. The zero-order valence-electron chi connectivity index (χ0n) is 11.0. The maximum absolute atomic E-state index is 5.72. The topological polar surface area (TPSA) is 25.8 Å². The van der Waals surface area contributed by atoms with Gasteiger partial charge in [-0.05, 0) is 37.6 Å². The van der Waals surface area contributed by atoms with Crippen molar-refractivity contribution in [3.8, 4) is 11.3 Å². The molecule has 2 nitrogen and oxygen atoms in total. The molecule has 3 heteroatoms. The maximum atomic E-state index is 5.72. The summed E-state index contributed by atoms with van der Waals surface area (Å²) in [6, 6.07) is 14.0. The molecule has 19 heavy (non-hydrogen) atoms. The number of rotatable bonds is 1. The quantitative estimate of drug-likeness (QED) is 0.615. The van der Waals surface area contributed by atoms with Gasteiger partial charge in [0.15, 0.2) is 5.65 Å². The van der Waals surface area contributed by atoms with E-state index < -0.39 is 0 Å². The van der Waals surface area contributed by atoms with Crippen LogP contribution in [0.3, 0.4) is 0 Å². The van der Waals surface area contributed by atoms with Crippen molar-refractivity contribution in [3.05, 3.63) is 53.7 Å². The van der Waals surface area contributed by atoms with E-state index in [1.54, 1.807) is 0 Å². The lowest BCUT2D eigenvalue weighted by atomic mass is 9.94. The number of nitrogens with zero attached hydrogens (tertiary/aromatic N) is 2. The van der Waals surface area contributed by atoms with E-state index in [0.717, 1.165) is 39.0 Å². The Morgan fingerprint density at radius 2 is 1.63 bits per heavy atom. The summed E-state index contributed by atoms with van der Waals surface area (Å²) in [5.74, 6) is 0. The summed E-state index contributed by atoms with van der Waals surface area (Å²) >= 11 is 0. The van der Waals surface area contributed by atoms with Crippen LogP contribution in [0.15, 0.2) is 42.5 Å². The van der Waals surface area contributed by atoms with Gasteiger partial charge in [-0.2, -0.15) is 0 Å². The highest BCUT2D eigenvalue weighted by Crippen LogP contribution is 2.23. The molecule has 0 spiro atoms. The smallest absolute Gasteiger partial charge is 0.160 e. The van der Waals surface area contributed by atoms with E-state index in [1.165, 1.54) is 0 Å². The summed E-state index contributed by atoms with van der Waals surface area (Å²) in [6.45, 7) is 4.04. The zero-order chi connectivity index (χ0) is 13.4. The van der Waals surface area contributed by atoms with Crippen LogP contribution in [0.2, 0.25) is 0 Å². The first-order valence-electron chi connectivity index (χ1n) is 6.24. The van der Waals surface area contributed by atoms with E-state index in [1.807, 2.05) is 37.3 Å². The van der Waals surface area contributed by atoms with Gasteiger partial charge in [-0.15, -0.1) is 0 Å². The molecule has 0 fully saturated rings. The Balaban J connectivity index is 2.23. The van der Waals surface area contributed by atoms with E-state index in [-0.39, 0.29) is 0 Å². The van der Waals surface area contributed by atoms with Crippen molar-refractivity contribution >= 4 is 24.3 Å². The summed E-state index contributed by atoms with van der Waals surface area (Å²) in [7, 11) is 5.72. The monoisotopic (exact) mass is 244 g/mol. The van der Waals surface area contributed by atoms with Crippen molar-refractivity contribution in [3.63, 3.8) is 0 Å². The molecule has 0 aliphatic carbocycles. The van der Waals surface area contributed by atoms with Gasteiger partial charge in [-0.25, -0.2) is 9.97 Å². The summed E-state index contributed by atoms with van der Waals surface area (Å²) in [6.07, 6.45) is 0. The minimum Gasteiger partial charge on any atom is -0.233 e. The van der Waals surface area contributed by atoms with E-state index >= 15 is 0 Å². The first kappa shape index (κ1) is 11.9. The molecule has 0 aliphatic heterocycles. The van der Waals surface area contributed by atoms with Crippen molar-refractivity contribution in [2.75, 3.05) is 0 Å². The van der Waals surface area contributed by atoms with Crippen molar-refractivity contribution in [1.82, 2.24) is 9.97 Å². The van der Waals surface area contributed by atoms with Crippen LogP contribution in [-0.4, -0.2) is 17.8 Å².